The molecular formula is C17H26BBrO3. The first-order valence-corrected chi connectivity index (χ1v) is 8.42. The van der Waals surface area contributed by atoms with Gasteiger partial charge in [0.25, 0.3) is 0 Å². The third-order valence-corrected chi connectivity index (χ3v) is 5.24. The molecule has 0 unspecified atom stereocenters. The van der Waals surface area contributed by atoms with Crippen LogP contribution in [0.4, 0.5) is 0 Å². The van der Waals surface area contributed by atoms with Crippen molar-refractivity contribution in [1.82, 2.24) is 0 Å². The van der Waals surface area contributed by atoms with Gasteiger partial charge < -0.3 is 14.0 Å². The molecule has 1 aromatic carbocycles. The maximum absolute atomic E-state index is 6.19. The Bertz CT molecular complexity index is 560. The van der Waals surface area contributed by atoms with Crippen molar-refractivity contribution in [1.29, 1.82) is 0 Å². The molecular weight excluding hydrogens is 343 g/mol. The standard InChI is InChI=1S/C17H26BBrO3/c1-15(2,3)11-9-12(14(20-8)13(19)10-11)18-21-16(4,5)17(6,7)22-18/h9-10H,1-8H3. The molecule has 0 radical (unpaired) electrons. The Balaban J connectivity index is 2.53. The Hall–Kier alpha value is -0.515. The molecule has 0 atom stereocenters. The molecule has 0 amide bonds. The monoisotopic (exact) mass is 368 g/mol. The SMILES string of the molecule is COc1c(Br)cc(C(C)(C)C)cc1B1OC(C)(C)C(C)(C)O1. The molecule has 3 nitrogen and oxygen atoms in total. The fraction of sp³-hybridized carbons (Fsp3) is 0.647. The van der Waals surface area contributed by atoms with Crippen molar-refractivity contribution < 1.29 is 14.0 Å². The second-order valence-electron chi connectivity index (χ2n) is 7.92. The Morgan fingerprint density at radius 2 is 1.55 bits per heavy atom. The first-order valence-electron chi connectivity index (χ1n) is 7.62. The van der Waals surface area contributed by atoms with Gasteiger partial charge in [0.15, 0.2) is 0 Å². The molecule has 122 valence electrons. The van der Waals surface area contributed by atoms with E-state index in [0.29, 0.717) is 0 Å². The molecule has 0 N–H and O–H groups in total. The molecule has 5 heteroatoms. The van der Waals surface area contributed by atoms with Crippen molar-refractivity contribution in [3.63, 3.8) is 0 Å². The van der Waals surface area contributed by atoms with Crippen molar-refractivity contribution in [2.45, 2.75) is 65.1 Å². The summed E-state index contributed by atoms with van der Waals surface area (Å²) in [4.78, 5) is 0. The molecule has 0 bridgehead atoms. The number of hydrogen-bond acceptors (Lipinski definition) is 3. The third kappa shape index (κ3) is 3.08. The second-order valence-corrected chi connectivity index (χ2v) is 8.77. The van der Waals surface area contributed by atoms with E-state index in [1.54, 1.807) is 7.11 Å². The van der Waals surface area contributed by atoms with Crippen LogP contribution in [-0.2, 0) is 14.7 Å². The van der Waals surface area contributed by atoms with Crippen molar-refractivity contribution in [2.24, 2.45) is 0 Å². The van der Waals surface area contributed by atoms with Crippen LogP contribution >= 0.6 is 15.9 Å². The summed E-state index contributed by atoms with van der Waals surface area (Å²) >= 11 is 3.62. The number of rotatable bonds is 2. The van der Waals surface area contributed by atoms with Crippen LogP contribution in [0.5, 0.6) is 5.75 Å². The summed E-state index contributed by atoms with van der Waals surface area (Å²) in [5, 5.41) is 0. The lowest BCUT2D eigenvalue weighted by Crippen LogP contribution is -2.41. The normalized spacial score (nSPS) is 20.3. The number of halogens is 1. The van der Waals surface area contributed by atoms with Crippen molar-refractivity contribution in [3.05, 3.63) is 22.2 Å². The molecule has 1 fully saturated rings. The predicted molar refractivity (Wildman–Crippen MR) is 95.1 cm³/mol. The molecule has 0 spiro atoms. The summed E-state index contributed by atoms with van der Waals surface area (Å²) in [6, 6.07) is 4.24. The van der Waals surface area contributed by atoms with E-state index in [9.17, 15) is 0 Å². The van der Waals surface area contributed by atoms with Crippen molar-refractivity contribution >= 4 is 28.5 Å². The molecule has 0 aromatic heterocycles. The Morgan fingerprint density at radius 3 is 1.95 bits per heavy atom. The highest BCUT2D eigenvalue weighted by atomic mass is 79.9. The summed E-state index contributed by atoms with van der Waals surface area (Å²) in [5.41, 5.74) is 1.44. The first kappa shape index (κ1) is 17.8. The lowest BCUT2D eigenvalue weighted by Gasteiger charge is -2.32. The highest BCUT2D eigenvalue weighted by Crippen LogP contribution is 2.39. The minimum atomic E-state index is -0.432. The van der Waals surface area contributed by atoms with Gasteiger partial charge in [0, 0.05) is 5.46 Å². The third-order valence-electron chi connectivity index (χ3n) is 4.65. The van der Waals surface area contributed by atoms with Crippen molar-refractivity contribution in [2.75, 3.05) is 7.11 Å². The van der Waals surface area contributed by atoms with E-state index in [-0.39, 0.29) is 16.6 Å². The summed E-state index contributed by atoms with van der Waals surface area (Å²) < 4.78 is 18.9. The highest BCUT2D eigenvalue weighted by Gasteiger charge is 2.52. The van der Waals surface area contributed by atoms with Crippen LogP contribution < -0.4 is 10.2 Å². The number of methoxy groups -OCH3 is 1. The van der Waals surface area contributed by atoms with Crippen LogP contribution in [-0.4, -0.2) is 25.4 Å². The zero-order valence-electron chi connectivity index (χ0n) is 14.8. The molecule has 1 aliphatic rings. The minimum absolute atomic E-state index is 0.0349. The van der Waals surface area contributed by atoms with Crippen LogP contribution in [0, 0.1) is 0 Å². The topological polar surface area (TPSA) is 27.7 Å². The zero-order valence-corrected chi connectivity index (χ0v) is 16.4. The van der Waals surface area contributed by atoms with E-state index in [0.717, 1.165) is 15.7 Å². The molecule has 1 saturated heterocycles. The van der Waals surface area contributed by atoms with Crippen LogP contribution in [0.2, 0.25) is 0 Å². The maximum Gasteiger partial charge on any atom is 0.498 e. The lowest BCUT2D eigenvalue weighted by molar-refractivity contribution is 0.00578. The predicted octanol–water partition coefficient (Wildman–Crippen LogP) is 4.05. The maximum atomic E-state index is 6.19. The Labute approximate surface area is 143 Å². The van der Waals surface area contributed by atoms with Crippen LogP contribution in [0.15, 0.2) is 16.6 Å². The van der Waals surface area contributed by atoms with Gasteiger partial charge in [-0.05, 0) is 60.7 Å². The Kier molecular flexibility index (Phi) is 4.49. The largest absolute Gasteiger partial charge is 0.498 e. The van der Waals surface area contributed by atoms with Crippen LogP contribution in [0.25, 0.3) is 0 Å². The van der Waals surface area contributed by atoms with Crippen molar-refractivity contribution in [3.8, 4) is 5.75 Å². The van der Waals surface area contributed by atoms with E-state index in [2.05, 4.69) is 76.5 Å². The summed E-state index contributed by atoms with van der Waals surface area (Å²) in [6.07, 6.45) is 0. The van der Waals surface area contributed by atoms with Gasteiger partial charge >= 0.3 is 7.12 Å². The van der Waals surface area contributed by atoms with Crippen LogP contribution in [0.3, 0.4) is 0 Å². The quantitative estimate of drug-likeness (QED) is 0.737. The van der Waals surface area contributed by atoms with E-state index in [1.807, 2.05) is 0 Å². The first-order chi connectivity index (χ1) is 9.89. The average Bonchev–Trinajstić information content (AvgIpc) is 2.56. The number of hydrogen-bond donors (Lipinski definition) is 0. The number of benzene rings is 1. The molecule has 0 aliphatic carbocycles. The lowest BCUT2D eigenvalue weighted by atomic mass is 9.74. The number of ether oxygens (including phenoxy) is 1. The van der Waals surface area contributed by atoms with Crippen LogP contribution in [0.1, 0.15) is 54.0 Å². The summed E-state index contributed by atoms with van der Waals surface area (Å²) in [7, 11) is 1.24. The summed E-state index contributed by atoms with van der Waals surface area (Å²) in [6.45, 7) is 14.8. The molecule has 1 aliphatic heterocycles. The molecule has 1 aromatic rings. The van der Waals surface area contributed by atoms with Gasteiger partial charge in [0.05, 0.1) is 22.8 Å². The van der Waals surface area contributed by atoms with Gasteiger partial charge in [0.1, 0.15) is 5.75 Å². The zero-order chi connectivity index (χ0) is 16.9. The summed E-state index contributed by atoms with van der Waals surface area (Å²) in [5.74, 6) is 0.770. The highest BCUT2D eigenvalue weighted by molar-refractivity contribution is 9.10. The van der Waals surface area contributed by atoms with E-state index >= 15 is 0 Å². The van der Waals surface area contributed by atoms with Gasteiger partial charge in [-0.2, -0.15) is 0 Å². The smallest absolute Gasteiger partial charge is 0.496 e. The van der Waals surface area contributed by atoms with E-state index in [4.69, 9.17) is 14.0 Å². The van der Waals surface area contributed by atoms with Gasteiger partial charge in [-0.3, -0.25) is 0 Å². The molecule has 1 heterocycles. The fourth-order valence-electron chi connectivity index (χ4n) is 2.41. The van der Waals surface area contributed by atoms with Gasteiger partial charge in [-0.25, -0.2) is 0 Å². The van der Waals surface area contributed by atoms with Gasteiger partial charge in [-0.1, -0.05) is 26.8 Å². The average molecular weight is 369 g/mol. The fourth-order valence-corrected chi connectivity index (χ4v) is 3.05. The molecule has 2 rings (SSSR count). The molecule has 0 saturated carbocycles. The molecule has 22 heavy (non-hydrogen) atoms. The Morgan fingerprint density at radius 1 is 1.05 bits per heavy atom. The van der Waals surface area contributed by atoms with Gasteiger partial charge in [-0.15, -0.1) is 0 Å². The minimum Gasteiger partial charge on any atom is -0.496 e. The second kappa shape index (κ2) is 5.54. The van der Waals surface area contributed by atoms with E-state index < -0.39 is 7.12 Å². The van der Waals surface area contributed by atoms with Gasteiger partial charge in [0.2, 0.25) is 0 Å². The van der Waals surface area contributed by atoms with E-state index in [1.165, 1.54) is 5.56 Å².